The number of carbonyl (C=O) groups excluding carboxylic acids is 2. The lowest BCUT2D eigenvalue weighted by atomic mass is 10.1. The molecule has 0 atom stereocenters. The number of hydrogen-bond donors (Lipinski definition) is 1. The second-order valence-electron chi connectivity index (χ2n) is 5.26. The van der Waals surface area contributed by atoms with Gasteiger partial charge in [0, 0.05) is 25.5 Å². The summed E-state index contributed by atoms with van der Waals surface area (Å²) >= 11 is 12.2. The zero-order valence-electron chi connectivity index (χ0n) is 12.6. The summed E-state index contributed by atoms with van der Waals surface area (Å²) in [7, 11) is 0. The molecule has 1 saturated heterocycles. The molecular weight excluding hydrogens is 357 g/mol. The average molecular weight is 370 g/mol. The molecule has 8 heteroatoms. The van der Waals surface area contributed by atoms with Crippen molar-refractivity contribution in [1.29, 1.82) is 0 Å². The number of esters is 1. The number of amides is 1. The minimum absolute atomic E-state index is 0.0174. The van der Waals surface area contributed by atoms with Gasteiger partial charge in [-0.1, -0.05) is 29.3 Å². The van der Waals surface area contributed by atoms with E-state index in [9.17, 15) is 14.7 Å². The monoisotopic (exact) mass is 369 g/mol. The molecule has 1 N–H and O–H groups in total. The maximum atomic E-state index is 12.0. The lowest BCUT2D eigenvalue weighted by molar-refractivity contribution is -0.132. The molecule has 1 amide bonds. The summed E-state index contributed by atoms with van der Waals surface area (Å²) in [4.78, 5) is 24.7. The molecule has 1 aliphatic rings. The number of hydrogen-bond acceptors (Lipinski definition) is 5. The number of ether oxygens (including phenoxy) is 1. The van der Waals surface area contributed by atoms with Crippen LogP contribution in [0.5, 0.6) is 11.5 Å². The van der Waals surface area contributed by atoms with Crippen LogP contribution < -0.4 is 9.64 Å². The van der Waals surface area contributed by atoms with Gasteiger partial charge in [-0.3, -0.25) is 14.5 Å². The van der Waals surface area contributed by atoms with Gasteiger partial charge in [-0.2, -0.15) is 0 Å². The first-order valence-corrected chi connectivity index (χ1v) is 7.94. The van der Waals surface area contributed by atoms with Gasteiger partial charge in [0.15, 0.2) is 5.76 Å². The molecule has 0 saturated carbocycles. The molecule has 1 aliphatic heterocycles. The van der Waals surface area contributed by atoms with Crippen molar-refractivity contribution >= 4 is 41.0 Å². The average Bonchev–Trinajstić information content (AvgIpc) is 3.07. The van der Waals surface area contributed by atoms with Crippen LogP contribution >= 0.6 is 23.2 Å². The molecule has 2 aromatic rings. The van der Waals surface area contributed by atoms with E-state index in [0.717, 1.165) is 0 Å². The first kappa shape index (κ1) is 16.7. The van der Waals surface area contributed by atoms with E-state index in [1.807, 2.05) is 0 Å². The zero-order valence-corrected chi connectivity index (χ0v) is 14.1. The maximum absolute atomic E-state index is 12.0. The number of benzene rings is 1. The lowest BCUT2D eigenvalue weighted by Crippen LogP contribution is -2.24. The highest BCUT2D eigenvalue weighted by Gasteiger charge is 2.33. The first-order valence-electron chi connectivity index (χ1n) is 7.19. The number of nitrogens with zero attached hydrogens (tertiary/aromatic N) is 1. The summed E-state index contributed by atoms with van der Waals surface area (Å²) in [5.74, 6) is -1.49. The third-order valence-electron chi connectivity index (χ3n) is 3.58. The smallest absolute Gasteiger partial charge is 0.308 e. The molecule has 6 nitrogen and oxygen atoms in total. The quantitative estimate of drug-likeness (QED) is 0.826. The third kappa shape index (κ3) is 2.83. The van der Waals surface area contributed by atoms with E-state index >= 15 is 0 Å². The van der Waals surface area contributed by atoms with E-state index in [2.05, 4.69) is 0 Å². The summed E-state index contributed by atoms with van der Waals surface area (Å²) in [6.07, 6.45) is 1.00. The fraction of sp³-hybridized carbons (Fsp3) is 0.250. The summed E-state index contributed by atoms with van der Waals surface area (Å²) in [6.45, 7) is 1.59. The Hall–Kier alpha value is -2.18. The van der Waals surface area contributed by atoms with Crippen molar-refractivity contribution in [3.05, 3.63) is 28.2 Å². The largest absolute Gasteiger partial charge is 0.502 e. The van der Waals surface area contributed by atoms with Crippen LogP contribution in [0.25, 0.3) is 11.3 Å². The lowest BCUT2D eigenvalue weighted by Gasteiger charge is -2.13. The van der Waals surface area contributed by atoms with Crippen LogP contribution in [0.3, 0.4) is 0 Å². The van der Waals surface area contributed by atoms with Crippen molar-refractivity contribution < 1.29 is 23.8 Å². The highest BCUT2D eigenvalue weighted by atomic mass is 35.5. The predicted molar refractivity (Wildman–Crippen MR) is 88.7 cm³/mol. The Kier molecular flexibility index (Phi) is 4.43. The van der Waals surface area contributed by atoms with Gasteiger partial charge in [-0.25, -0.2) is 0 Å². The van der Waals surface area contributed by atoms with Crippen LogP contribution in [-0.4, -0.2) is 23.5 Å². The van der Waals surface area contributed by atoms with E-state index < -0.39 is 11.7 Å². The Morgan fingerprint density at radius 3 is 2.75 bits per heavy atom. The van der Waals surface area contributed by atoms with Crippen LogP contribution in [0.15, 0.2) is 22.6 Å². The Bertz CT molecular complexity index is 830. The molecular formula is C16H13Cl2NO5. The van der Waals surface area contributed by atoms with Crippen LogP contribution in [0.2, 0.25) is 10.0 Å². The second-order valence-corrected chi connectivity index (χ2v) is 6.04. The second kappa shape index (κ2) is 6.37. The number of anilines is 1. The van der Waals surface area contributed by atoms with Gasteiger partial charge < -0.3 is 14.3 Å². The molecule has 0 spiro atoms. The highest BCUT2D eigenvalue weighted by molar-refractivity contribution is 6.43. The molecule has 1 aromatic carbocycles. The number of aromatic hydroxyl groups is 1. The van der Waals surface area contributed by atoms with Crippen molar-refractivity contribution in [1.82, 2.24) is 0 Å². The molecule has 126 valence electrons. The summed E-state index contributed by atoms with van der Waals surface area (Å²) in [6, 6.07) is 4.82. The van der Waals surface area contributed by atoms with Crippen molar-refractivity contribution in [2.24, 2.45) is 0 Å². The maximum Gasteiger partial charge on any atom is 0.308 e. The van der Waals surface area contributed by atoms with Crippen LogP contribution in [0, 0.1) is 0 Å². The molecule has 24 heavy (non-hydrogen) atoms. The predicted octanol–water partition coefficient (Wildman–Crippen LogP) is 4.01. The van der Waals surface area contributed by atoms with E-state index in [4.69, 9.17) is 32.4 Å². The highest BCUT2D eigenvalue weighted by Crippen LogP contribution is 2.50. The Morgan fingerprint density at radius 2 is 2.12 bits per heavy atom. The number of furan rings is 1. The zero-order chi connectivity index (χ0) is 17.4. The van der Waals surface area contributed by atoms with Gasteiger partial charge in [0.05, 0.1) is 10.0 Å². The summed E-state index contributed by atoms with van der Waals surface area (Å²) in [5, 5.41) is 10.9. The minimum Gasteiger partial charge on any atom is -0.502 e. The van der Waals surface area contributed by atoms with Crippen LogP contribution in [-0.2, 0) is 9.59 Å². The molecule has 0 aliphatic carbocycles. The van der Waals surface area contributed by atoms with Crippen LogP contribution in [0.4, 0.5) is 5.88 Å². The standard InChI is InChI=1S/C16H13Cl2NO5/c1-8(20)23-15-13(22)14(9-4-2-5-10(17)12(9)18)24-16(15)19-7-3-6-11(19)21/h2,4-5,22H,3,6-7H2,1H3. The van der Waals surface area contributed by atoms with Crippen molar-refractivity contribution in [2.45, 2.75) is 19.8 Å². The van der Waals surface area contributed by atoms with Gasteiger partial charge in [0.2, 0.25) is 17.4 Å². The molecule has 0 radical (unpaired) electrons. The van der Waals surface area contributed by atoms with Gasteiger partial charge in [-0.05, 0) is 18.6 Å². The third-order valence-corrected chi connectivity index (χ3v) is 4.40. The van der Waals surface area contributed by atoms with E-state index in [1.165, 1.54) is 11.8 Å². The van der Waals surface area contributed by atoms with Crippen molar-refractivity contribution in [3.8, 4) is 22.8 Å². The number of halogens is 2. The van der Waals surface area contributed by atoms with E-state index in [-0.39, 0.29) is 33.3 Å². The van der Waals surface area contributed by atoms with Gasteiger partial charge >= 0.3 is 5.97 Å². The van der Waals surface area contributed by atoms with Crippen molar-refractivity contribution in [2.75, 3.05) is 11.4 Å². The Balaban J connectivity index is 2.18. The van der Waals surface area contributed by atoms with Gasteiger partial charge in [0.25, 0.3) is 5.88 Å². The molecule has 3 rings (SSSR count). The summed E-state index contributed by atoms with van der Waals surface area (Å²) < 4.78 is 10.7. The van der Waals surface area contributed by atoms with E-state index in [1.54, 1.807) is 18.2 Å². The Morgan fingerprint density at radius 1 is 1.38 bits per heavy atom. The minimum atomic E-state index is -0.650. The van der Waals surface area contributed by atoms with Crippen LogP contribution in [0.1, 0.15) is 19.8 Å². The summed E-state index contributed by atoms with van der Waals surface area (Å²) in [5.41, 5.74) is 0.327. The normalized spacial score (nSPS) is 14.3. The molecule has 2 heterocycles. The molecule has 1 aromatic heterocycles. The SMILES string of the molecule is CC(=O)Oc1c(N2CCCC2=O)oc(-c2cccc(Cl)c2Cl)c1O. The fourth-order valence-corrected chi connectivity index (χ4v) is 2.92. The first-order chi connectivity index (χ1) is 11.4. The molecule has 1 fully saturated rings. The van der Waals surface area contributed by atoms with Gasteiger partial charge in [0.1, 0.15) is 0 Å². The van der Waals surface area contributed by atoms with E-state index in [0.29, 0.717) is 24.9 Å². The molecule has 0 bridgehead atoms. The van der Waals surface area contributed by atoms with Crippen molar-refractivity contribution in [3.63, 3.8) is 0 Å². The molecule has 0 unspecified atom stereocenters. The van der Waals surface area contributed by atoms with Gasteiger partial charge in [-0.15, -0.1) is 0 Å². The number of rotatable bonds is 3. The topological polar surface area (TPSA) is 80.0 Å². The number of carbonyl (C=O) groups is 2. The Labute approximate surface area is 147 Å². The fourth-order valence-electron chi connectivity index (χ4n) is 2.53.